The molecule has 0 saturated heterocycles. The molecular formula is C12H16F2O3. The fourth-order valence-electron chi connectivity index (χ4n) is 3.11. The molecular weight excluding hydrogens is 230 g/mol. The smallest absolute Gasteiger partial charge is 0.374 e. The maximum absolute atomic E-state index is 12.2. The van der Waals surface area contributed by atoms with Crippen LogP contribution in [-0.4, -0.2) is 23.8 Å². The Morgan fingerprint density at radius 1 is 1.41 bits per heavy atom. The molecule has 17 heavy (non-hydrogen) atoms. The van der Waals surface area contributed by atoms with E-state index in [1.807, 2.05) is 13.8 Å². The molecule has 0 amide bonds. The predicted octanol–water partition coefficient (Wildman–Crippen LogP) is 2.19. The van der Waals surface area contributed by atoms with Gasteiger partial charge in [-0.05, 0) is 31.1 Å². The Labute approximate surface area is 98.5 Å². The number of carbonyl (C=O) groups excluding carboxylic acids is 2. The van der Waals surface area contributed by atoms with Crippen LogP contribution in [0.2, 0.25) is 0 Å². The number of hydrogen-bond donors (Lipinski definition) is 0. The normalized spacial score (nSPS) is 38.8. The van der Waals surface area contributed by atoms with Crippen LogP contribution in [0.4, 0.5) is 8.78 Å². The average molecular weight is 246 g/mol. The summed E-state index contributed by atoms with van der Waals surface area (Å²) >= 11 is 0. The van der Waals surface area contributed by atoms with E-state index in [9.17, 15) is 18.4 Å². The van der Waals surface area contributed by atoms with Gasteiger partial charge in [0.1, 0.15) is 0 Å². The maximum Gasteiger partial charge on any atom is 0.374 e. The molecule has 3 rings (SSSR count). The second-order valence-corrected chi connectivity index (χ2v) is 5.83. The summed E-state index contributed by atoms with van der Waals surface area (Å²) in [5.41, 5.74) is -1.44. The van der Waals surface area contributed by atoms with Crippen LogP contribution in [0.5, 0.6) is 0 Å². The van der Waals surface area contributed by atoms with Crippen molar-refractivity contribution in [3.8, 4) is 0 Å². The number of esters is 1. The van der Waals surface area contributed by atoms with Crippen molar-refractivity contribution in [2.75, 3.05) is 0 Å². The quantitative estimate of drug-likeness (QED) is 0.701. The highest BCUT2D eigenvalue weighted by Gasteiger charge is 2.63. The fourth-order valence-corrected chi connectivity index (χ4v) is 3.11. The van der Waals surface area contributed by atoms with Crippen molar-refractivity contribution < 1.29 is 23.1 Å². The second-order valence-electron chi connectivity index (χ2n) is 5.83. The molecule has 3 aliphatic rings. The third-order valence-corrected chi connectivity index (χ3v) is 4.45. The molecule has 0 aromatic rings. The number of rotatable bonds is 2. The lowest BCUT2D eigenvalue weighted by atomic mass is 9.45. The van der Waals surface area contributed by atoms with Crippen LogP contribution < -0.4 is 0 Å². The topological polar surface area (TPSA) is 43.4 Å². The van der Waals surface area contributed by atoms with E-state index in [0.717, 1.165) is 6.42 Å². The monoisotopic (exact) mass is 246 g/mol. The van der Waals surface area contributed by atoms with Crippen LogP contribution in [-0.2, 0) is 14.3 Å². The molecule has 0 aromatic carbocycles. The van der Waals surface area contributed by atoms with E-state index < -0.39 is 18.0 Å². The maximum atomic E-state index is 12.2. The zero-order valence-corrected chi connectivity index (χ0v) is 10.1. The van der Waals surface area contributed by atoms with Gasteiger partial charge in [-0.3, -0.25) is 4.79 Å². The first-order valence-corrected chi connectivity index (χ1v) is 5.74. The SMILES string of the molecule is CC1(OC(=O)C(F)F)CC2CC(C1=O)C2(C)C. The Bertz CT molecular complexity index is 378. The first-order valence-electron chi connectivity index (χ1n) is 5.74. The molecule has 3 atom stereocenters. The Hall–Kier alpha value is -1.00. The number of ether oxygens (including phenoxy) is 1. The van der Waals surface area contributed by atoms with Gasteiger partial charge in [0.15, 0.2) is 11.4 Å². The number of fused-ring (bicyclic) bond motifs is 2. The molecule has 0 radical (unpaired) electrons. The first kappa shape index (κ1) is 12.5. The van der Waals surface area contributed by atoms with Crippen LogP contribution in [0.1, 0.15) is 33.6 Å². The molecule has 3 unspecified atom stereocenters. The highest BCUT2D eigenvalue weighted by atomic mass is 19.3. The minimum Gasteiger partial charge on any atom is -0.447 e. The number of carbonyl (C=O) groups is 2. The molecule has 5 heteroatoms. The molecule has 0 N–H and O–H groups in total. The van der Waals surface area contributed by atoms with Crippen LogP contribution in [0.3, 0.4) is 0 Å². The lowest BCUT2D eigenvalue weighted by molar-refractivity contribution is -0.202. The minimum atomic E-state index is -3.18. The molecule has 0 spiro atoms. The Balaban J connectivity index is 2.14. The van der Waals surface area contributed by atoms with Crippen molar-refractivity contribution in [1.29, 1.82) is 0 Å². The number of halogens is 2. The third-order valence-electron chi connectivity index (χ3n) is 4.45. The van der Waals surface area contributed by atoms with Crippen molar-refractivity contribution in [2.24, 2.45) is 17.3 Å². The van der Waals surface area contributed by atoms with E-state index in [1.165, 1.54) is 6.92 Å². The van der Waals surface area contributed by atoms with Gasteiger partial charge >= 0.3 is 12.4 Å². The largest absolute Gasteiger partial charge is 0.447 e. The average Bonchev–Trinajstić information content (AvgIpc) is 2.21. The van der Waals surface area contributed by atoms with E-state index in [1.54, 1.807) is 0 Å². The van der Waals surface area contributed by atoms with Crippen molar-refractivity contribution in [1.82, 2.24) is 0 Å². The highest BCUT2D eigenvalue weighted by molar-refractivity contribution is 5.94. The van der Waals surface area contributed by atoms with Gasteiger partial charge in [0.05, 0.1) is 0 Å². The van der Waals surface area contributed by atoms with Gasteiger partial charge in [-0.1, -0.05) is 13.8 Å². The van der Waals surface area contributed by atoms with Crippen LogP contribution in [0, 0.1) is 17.3 Å². The van der Waals surface area contributed by atoms with Crippen molar-refractivity contribution in [3.63, 3.8) is 0 Å². The van der Waals surface area contributed by atoms with Gasteiger partial charge in [-0.15, -0.1) is 0 Å². The summed E-state index contributed by atoms with van der Waals surface area (Å²) in [7, 11) is 0. The van der Waals surface area contributed by atoms with Gasteiger partial charge < -0.3 is 4.74 Å². The van der Waals surface area contributed by atoms with E-state index in [4.69, 9.17) is 4.74 Å². The summed E-state index contributed by atoms with van der Waals surface area (Å²) in [6, 6.07) is 0. The van der Waals surface area contributed by atoms with Crippen molar-refractivity contribution in [2.45, 2.75) is 45.6 Å². The summed E-state index contributed by atoms with van der Waals surface area (Å²) in [5, 5.41) is 0. The molecule has 2 bridgehead atoms. The molecule has 3 aliphatic carbocycles. The molecule has 96 valence electrons. The molecule has 3 saturated carbocycles. The Morgan fingerprint density at radius 3 is 2.41 bits per heavy atom. The minimum absolute atomic E-state index is 0.0895. The summed E-state index contributed by atoms with van der Waals surface area (Å²) in [4.78, 5) is 23.1. The van der Waals surface area contributed by atoms with Gasteiger partial charge in [0, 0.05) is 5.92 Å². The molecule has 0 aliphatic heterocycles. The zero-order valence-electron chi connectivity index (χ0n) is 10.1. The van der Waals surface area contributed by atoms with Crippen LogP contribution >= 0.6 is 0 Å². The standard InChI is InChI=1S/C12H16F2O3/c1-11(2)6-4-7(11)8(15)12(3,5-6)17-10(16)9(13)14/h6-7,9H,4-5H2,1-3H3. The van der Waals surface area contributed by atoms with Crippen LogP contribution in [0.15, 0.2) is 0 Å². The lowest BCUT2D eigenvalue weighted by Gasteiger charge is -2.59. The zero-order chi connectivity index (χ0) is 13.0. The van der Waals surface area contributed by atoms with E-state index >= 15 is 0 Å². The predicted molar refractivity (Wildman–Crippen MR) is 55.5 cm³/mol. The summed E-state index contributed by atoms with van der Waals surface area (Å²) in [6.07, 6.45) is -2.03. The lowest BCUT2D eigenvalue weighted by Crippen LogP contribution is -2.64. The third kappa shape index (κ3) is 1.67. The van der Waals surface area contributed by atoms with E-state index in [0.29, 0.717) is 6.42 Å². The number of ketones is 1. The van der Waals surface area contributed by atoms with Gasteiger partial charge in [-0.2, -0.15) is 8.78 Å². The van der Waals surface area contributed by atoms with Crippen molar-refractivity contribution >= 4 is 11.8 Å². The highest BCUT2D eigenvalue weighted by Crippen LogP contribution is 2.60. The number of Topliss-reactive ketones (excluding diaryl/α,β-unsaturated/α-hetero) is 1. The van der Waals surface area contributed by atoms with Crippen LogP contribution in [0.25, 0.3) is 0 Å². The number of alkyl halides is 2. The summed E-state index contributed by atoms with van der Waals surface area (Å²) in [6.45, 7) is 5.44. The van der Waals surface area contributed by atoms with Gasteiger partial charge in [0.25, 0.3) is 0 Å². The Kier molecular flexibility index (Phi) is 2.56. The molecule has 0 aromatic heterocycles. The van der Waals surface area contributed by atoms with Gasteiger partial charge in [-0.25, -0.2) is 4.79 Å². The number of hydrogen-bond acceptors (Lipinski definition) is 3. The Morgan fingerprint density at radius 2 is 2.00 bits per heavy atom. The van der Waals surface area contributed by atoms with E-state index in [2.05, 4.69) is 0 Å². The second kappa shape index (κ2) is 3.50. The van der Waals surface area contributed by atoms with Crippen molar-refractivity contribution in [3.05, 3.63) is 0 Å². The fraction of sp³-hybridized carbons (Fsp3) is 0.833. The molecule has 3 fully saturated rings. The molecule has 0 heterocycles. The summed E-state index contributed by atoms with van der Waals surface area (Å²) < 4.78 is 29.0. The summed E-state index contributed by atoms with van der Waals surface area (Å²) in [5.74, 6) is -1.71. The first-order chi connectivity index (χ1) is 7.68. The van der Waals surface area contributed by atoms with E-state index in [-0.39, 0.29) is 23.0 Å². The molecule has 3 nitrogen and oxygen atoms in total. The van der Waals surface area contributed by atoms with Gasteiger partial charge in [0.2, 0.25) is 0 Å².